The third-order valence-corrected chi connectivity index (χ3v) is 3.73. The van der Waals surface area contributed by atoms with Gasteiger partial charge in [-0.25, -0.2) is 9.38 Å². The Bertz CT molecular complexity index is 620. The Kier molecular flexibility index (Phi) is 3.63. The van der Waals surface area contributed by atoms with E-state index in [0.29, 0.717) is 11.7 Å². The third-order valence-electron chi connectivity index (χ3n) is 3.73. The van der Waals surface area contributed by atoms with Crippen molar-refractivity contribution in [2.75, 3.05) is 13.6 Å². The summed E-state index contributed by atoms with van der Waals surface area (Å²) in [6.07, 6.45) is 8.46. The van der Waals surface area contributed by atoms with Crippen molar-refractivity contribution in [1.82, 2.24) is 14.7 Å². The molecule has 2 aliphatic heterocycles. The minimum absolute atomic E-state index is 0.375. The average molecular weight is 272 g/mol. The number of aliphatic imine (C=N–C) groups is 1. The minimum atomic E-state index is -0.375. The second kappa shape index (κ2) is 5.57. The largest absolute Gasteiger partial charge is 0.302 e. The van der Waals surface area contributed by atoms with Crippen LogP contribution in [0.4, 0.5) is 4.39 Å². The van der Waals surface area contributed by atoms with Crippen LogP contribution in [-0.4, -0.2) is 40.5 Å². The SMILES string of the molecule is CN1CCC[C@H]1Cn1ccc(C2=C=CC=C(F)C=N2)n1. The molecular weight excluding hydrogens is 255 g/mol. The molecule has 1 aromatic heterocycles. The van der Waals surface area contributed by atoms with E-state index in [-0.39, 0.29) is 5.83 Å². The van der Waals surface area contributed by atoms with Crippen LogP contribution in [-0.2, 0) is 6.54 Å². The van der Waals surface area contributed by atoms with Crippen molar-refractivity contribution in [2.45, 2.75) is 25.4 Å². The molecule has 0 unspecified atom stereocenters. The molecule has 0 bridgehead atoms. The van der Waals surface area contributed by atoms with Crippen LogP contribution in [0.25, 0.3) is 5.70 Å². The van der Waals surface area contributed by atoms with Gasteiger partial charge in [0.05, 0.1) is 12.8 Å². The molecule has 0 N–H and O–H groups in total. The molecule has 1 fully saturated rings. The van der Waals surface area contributed by atoms with E-state index in [0.717, 1.165) is 18.8 Å². The van der Waals surface area contributed by atoms with Crippen molar-refractivity contribution in [1.29, 1.82) is 0 Å². The molecule has 3 heterocycles. The summed E-state index contributed by atoms with van der Waals surface area (Å²) in [4.78, 5) is 6.42. The molecule has 1 atom stereocenters. The van der Waals surface area contributed by atoms with Gasteiger partial charge in [-0.05, 0) is 44.7 Å². The summed E-state index contributed by atoms with van der Waals surface area (Å²) in [5, 5.41) is 4.51. The first-order valence-electron chi connectivity index (χ1n) is 6.83. The molecular formula is C15H17FN4. The quantitative estimate of drug-likeness (QED) is 0.792. The van der Waals surface area contributed by atoms with E-state index >= 15 is 0 Å². The predicted molar refractivity (Wildman–Crippen MR) is 77.1 cm³/mol. The number of aromatic nitrogens is 2. The normalized spacial score (nSPS) is 22.8. The lowest BCUT2D eigenvalue weighted by molar-refractivity contribution is 0.274. The first-order chi connectivity index (χ1) is 9.72. The highest BCUT2D eigenvalue weighted by Crippen LogP contribution is 2.18. The van der Waals surface area contributed by atoms with Crippen LogP contribution in [0.3, 0.4) is 0 Å². The Morgan fingerprint density at radius 1 is 1.50 bits per heavy atom. The molecule has 4 nitrogen and oxygen atoms in total. The van der Waals surface area contributed by atoms with E-state index in [1.54, 1.807) is 0 Å². The highest BCUT2D eigenvalue weighted by atomic mass is 19.1. The van der Waals surface area contributed by atoms with Crippen molar-refractivity contribution >= 4 is 11.9 Å². The summed E-state index contributed by atoms with van der Waals surface area (Å²) in [6, 6.07) is 2.44. The van der Waals surface area contributed by atoms with Crippen molar-refractivity contribution in [3.63, 3.8) is 0 Å². The van der Waals surface area contributed by atoms with Gasteiger partial charge >= 0.3 is 0 Å². The molecule has 3 rings (SSSR count). The number of halogens is 1. The number of likely N-dealkylation sites (N-methyl/N-ethyl adjacent to an activating group) is 1. The summed E-state index contributed by atoms with van der Waals surface area (Å²) >= 11 is 0. The van der Waals surface area contributed by atoms with Gasteiger partial charge in [-0.1, -0.05) is 5.73 Å². The highest BCUT2D eigenvalue weighted by molar-refractivity contribution is 5.83. The number of hydrogen-bond donors (Lipinski definition) is 0. The van der Waals surface area contributed by atoms with Crippen LogP contribution < -0.4 is 0 Å². The second-order valence-electron chi connectivity index (χ2n) is 5.17. The van der Waals surface area contributed by atoms with Gasteiger partial charge in [0, 0.05) is 12.2 Å². The lowest BCUT2D eigenvalue weighted by Gasteiger charge is -2.18. The lowest BCUT2D eigenvalue weighted by Crippen LogP contribution is -2.29. The first-order valence-corrected chi connectivity index (χ1v) is 6.83. The van der Waals surface area contributed by atoms with Crippen LogP contribution >= 0.6 is 0 Å². The van der Waals surface area contributed by atoms with E-state index in [4.69, 9.17) is 0 Å². The fourth-order valence-corrected chi connectivity index (χ4v) is 2.56. The van der Waals surface area contributed by atoms with Gasteiger partial charge in [-0.15, -0.1) is 0 Å². The van der Waals surface area contributed by atoms with Crippen LogP contribution in [0.2, 0.25) is 0 Å². The summed E-state index contributed by atoms with van der Waals surface area (Å²) in [5.74, 6) is -0.375. The Hall–Kier alpha value is -1.97. The number of nitrogens with zero attached hydrogens (tertiary/aromatic N) is 4. The zero-order valence-electron chi connectivity index (χ0n) is 11.5. The molecule has 104 valence electrons. The summed E-state index contributed by atoms with van der Waals surface area (Å²) < 4.78 is 15.0. The standard InChI is InChI=1S/C15H17FN4/c1-19-8-3-5-13(19)11-20-9-7-15(18-20)14-6-2-4-12(16)10-17-14/h2,4,7,9-10,13H,3,5,8,11H2,1H3/t13-/m0/s1. The zero-order valence-corrected chi connectivity index (χ0v) is 11.5. The van der Waals surface area contributed by atoms with E-state index in [2.05, 4.69) is 27.8 Å². The Balaban J connectivity index is 1.74. The lowest BCUT2D eigenvalue weighted by atomic mass is 10.2. The maximum atomic E-state index is 13.0. The maximum absolute atomic E-state index is 13.0. The van der Waals surface area contributed by atoms with E-state index in [1.807, 2.05) is 16.9 Å². The number of rotatable bonds is 3. The maximum Gasteiger partial charge on any atom is 0.142 e. The predicted octanol–water partition coefficient (Wildman–Crippen LogP) is 2.41. The van der Waals surface area contributed by atoms with Crippen molar-refractivity contribution in [3.05, 3.63) is 41.7 Å². The van der Waals surface area contributed by atoms with E-state index in [9.17, 15) is 4.39 Å². The molecule has 0 saturated carbocycles. The zero-order chi connectivity index (χ0) is 13.9. The molecule has 2 aliphatic rings. The van der Waals surface area contributed by atoms with Crippen LogP contribution in [0.15, 0.2) is 41.0 Å². The molecule has 0 radical (unpaired) electrons. The topological polar surface area (TPSA) is 33.4 Å². The van der Waals surface area contributed by atoms with Gasteiger partial charge in [0.25, 0.3) is 0 Å². The molecule has 0 spiro atoms. The Morgan fingerprint density at radius 2 is 2.40 bits per heavy atom. The second-order valence-corrected chi connectivity index (χ2v) is 5.17. The highest BCUT2D eigenvalue weighted by Gasteiger charge is 2.21. The monoisotopic (exact) mass is 272 g/mol. The van der Waals surface area contributed by atoms with Crippen LogP contribution in [0.5, 0.6) is 0 Å². The Labute approximate surface area is 117 Å². The Morgan fingerprint density at radius 3 is 3.20 bits per heavy atom. The van der Waals surface area contributed by atoms with Gasteiger partial charge in [-0.2, -0.15) is 5.10 Å². The summed E-state index contributed by atoms with van der Waals surface area (Å²) in [5.41, 5.74) is 4.22. The van der Waals surface area contributed by atoms with Gasteiger partial charge in [-0.3, -0.25) is 4.68 Å². The number of hydrogen-bond acceptors (Lipinski definition) is 3. The van der Waals surface area contributed by atoms with Crippen LogP contribution in [0, 0.1) is 0 Å². The molecule has 0 amide bonds. The van der Waals surface area contributed by atoms with E-state index in [1.165, 1.54) is 31.2 Å². The third kappa shape index (κ3) is 2.79. The van der Waals surface area contributed by atoms with Crippen molar-refractivity contribution in [2.24, 2.45) is 4.99 Å². The van der Waals surface area contributed by atoms with Gasteiger partial charge in [0.15, 0.2) is 0 Å². The van der Waals surface area contributed by atoms with Crippen LogP contribution in [0.1, 0.15) is 18.5 Å². The molecule has 1 saturated heterocycles. The number of allylic oxidation sites excluding steroid dienone is 3. The molecule has 0 aromatic carbocycles. The smallest absolute Gasteiger partial charge is 0.142 e. The average Bonchev–Trinajstić information content (AvgIpc) is 2.99. The molecule has 1 aromatic rings. The van der Waals surface area contributed by atoms with Gasteiger partial charge < -0.3 is 4.90 Å². The molecule has 0 aliphatic carbocycles. The van der Waals surface area contributed by atoms with E-state index < -0.39 is 0 Å². The number of likely N-dealkylation sites (tertiary alicyclic amines) is 1. The van der Waals surface area contributed by atoms with Crippen molar-refractivity contribution < 1.29 is 4.39 Å². The van der Waals surface area contributed by atoms with Gasteiger partial charge in [0.2, 0.25) is 0 Å². The minimum Gasteiger partial charge on any atom is -0.302 e. The van der Waals surface area contributed by atoms with Crippen molar-refractivity contribution in [3.8, 4) is 0 Å². The summed E-state index contributed by atoms with van der Waals surface area (Å²) in [6.45, 7) is 2.03. The molecule has 5 heteroatoms. The fourth-order valence-electron chi connectivity index (χ4n) is 2.56. The molecule has 20 heavy (non-hydrogen) atoms. The first kappa shape index (κ1) is 13.0. The fraction of sp³-hybridized carbons (Fsp3) is 0.400. The van der Waals surface area contributed by atoms with Gasteiger partial charge in [0.1, 0.15) is 17.2 Å². The summed E-state index contributed by atoms with van der Waals surface area (Å²) in [7, 11) is 2.15.